The van der Waals surface area contributed by atoms with Crippen LogP contribution < -0.4 is 10.6 Å². The zero-order valence-electron chi connectivity index (χ0n) is 9.64. The van der Waals surface area contributed by atoms with Crippen molar-refractivity contribution in [2.75, 3.05) is 11.9 Å². The van der Waals surface area contributed by atoms with Gasteiger partial charge < -0.3 is 15.7 Å². The highest BCUT2D eigenvalue weighted by Crippen LogP contribution is 2.06. The van der Waals surface area contributed by atoms with E-state index in [0.29, 0.717) is 0 Å². The summed E-state index contributed by atoms with van der Waals surface area (Å²) in [6.45, 7) is 1.87. The smallest absolute Gasteiger partial charge is 0.305 e. The molecule has 0 aliphatic carbocycles. The predicted octanol–water partition coefficient (Wildman–Crippen LogP) is 1.08. The van der Waals surface area contributed by atoms with Crippen molar-refractivity contribution in [2.45, 2.75) is 19.4 Å². The first-order valence-corrected chi connectivity index (χ1v) is 5.40. The van der Waals surface area contributed by atoms with E-state index in [1.54, 1.807) is 6.92 Å². The maximum absolute atomic E-state index is 11.6. The molecule has 1 aromatic carbocycles. The molecule has 1 aromatic rings. The zero-order chi connectivity index (χ0) is 12.7. The number of carbonyl (C=O) groups excluding carboxylic acids is 1. The van der Waals surface area contributed by atoms with E-state index in [-0.39, 0.29) is 18.9 Å². The maximum atomic E-state index is 11.6. The number of carboxylic acid groups (broad SMARTS) is 1. The minimum Gasteiger partial charge on any atom is -0.481 e. The highest BCUT2D eigenvalue weighted by atomic mass is 16.4. The van der Waals surface area contributed by atoms with E-state index in [9.17, 15) is 9.59 Å². The van der Waals surface area contributed by atoms with E-state index in [2.05, 4.69) is 10.6 Å². The molecule has 5 heteroatoms. The molecule has 0 spiro atoms. The minimum absolute atomic E-state index is 0.0657. The predicted molar refractivity (Wildman–Crippen MR) is 64.8 cm³/mol. The van der Waals surface area contributed by atoms with Crippen molar-refractivity contribution in [1.29, 1.82) is 0 Å². The molecule has 0 aromatic heterocycles. The van der Waals surface area contributed by atoms with Gasteiger partial charge in [0.25, 0.3) is 0 Å². The van der Waals surface area contributed by atoms with E-state index in [0.717, 1.165) is 5.69 Å². The summed E-state index contributed by atoms with van der Waals surface area (Å²) in [5.41, 5.74) is 0.855. The van der Waals surface area contributed by atoms with Gasteiger partial charge in [-0.1, -0.05) is 18.2 Å². The van der Waals surface area contributed by atoms with Gasteiger partial charge in [-0.3, -0.25) is 9.59 Å². The summed E-state index contributed by atoms with van der Waals surface area (Å²) in [4.78, 5) is 21.8. The van der Waals surface area contributed by atoms with Crippen molar-refractivity contribution in [2.24, 2.45) is 0 Å². The van der Waals surface area contributed by atoms with Crippen molar-refractivity contribution in [3.05, 3.63) is 30.3 Å². The second kappa shape index (κ2) is 6.52. The van der Waals surface area contributed by atoms with Crippen molar-refractivity contribution >= 4 is 17.6 Å². The van der Waals surface area contributed by atoms with Crippen molar-refractivity contribution in [1.82, 2.24) is 5.32 Å². The molecule has 0 fully saturated rings. The van der Waals surface area contributed by atoms with Gasteiger partial charge in [-0.2, -0.15) is 0 Å². The van der Waals surface area contributed by atoms with Crippen LogP contribution in [0.15, 0.2) is 30.3 Å². The van der Waals surface area contributed by atoms with Crippen LogP contribution >= 0.6 is 0 Å². The number of nitrogens with one attached hydrogen (secondary N) is 2. The number of amides is 1. The number of benzene rings is 1. The summed E-state index contributed by atoms with van der Waals surface area (Å²) in [5, 5.41) is 14.0. The molecular weight excluding hydrogens is 220 g/mol. The van der Waals surface area contributed by atoms with E-state index < -0.39 is 12.0 Å². The fraction of sp³-hybridized carbons (Fsp3) is 0.333. The lowest BCUT2D eigenvalue weighted by Crippen LogP contribution is -2.38. The first-order valence-electron chi connectivity index (χ1n) is 5.40. The molecule has 1 unspecified atom stereocenters. The third-order valence-corrected chi connectivity index (χ3v) is 2.19. The van der Waals surface area contributed by atoms with Crippen molar-refractivity contribution in [3.8, 4) is 0 Å². The summed E-state index contributed by atoms with van der Waals surface area (Å²) >= 11 is 0. The lowest BCUT2D eigenvalue weighted by atomic mass is 10.2. The topological polar surface area (TPSA) is 78.4 Å². The molecule has 17 heavy (non-hydrogen) atoms. The molecule has 0 radical (unpaired) electrons. The Labute approximate surface area is 99.8 Å². The van der Waals surface area contributed by atoms with Gasteiger partial charge in [-0.05, 0) is 19.1 Å². The van der Waals surface area contributed by atoms with Crippen molar-refractivity contribution in [3.63, 3.8) is 0 Å². The van der Waals surface area contributed by atoms with Crippen LogP contribution in [0.4, 0.5) is 5.69 Å². The van der Waals surface area contributed by atoms with E-state index in [1.165, 1.54) is 0 Å². The number of anilines is 1. The van der Waals surface area contributed by atoms with Crippen LogP contribution in [-0.2, 0) is 9.59 Å². The molecule has 5 nitrogen and oxygen atoms in total. The third-order valence-electron chi connectivity index (χ3n) is 2.19. The Morgan fingerprint density at radius 2 is 1.94 bits per heavy atom. The van der Waals surface area contributed by atoms with Crippen LogP contribution in [0.5, 0.6) is 0 Å². The van der Waals surface area contributed by atoms with Gasteiger partial charge in [-0.15, -0.1) is 0 Å². The Morgan fingerprint density at radius 3 is 2.53 bits per heavy atom. The van der Waals surface area contributed by atoms with Crippen LogP contribution in [0.25, 0.3) is 0 Å². The average Bonchev–Trinajstić information content (AvgIpc) is 2.29. The molecule has 0 saturated carbocycles. The Morgan fingerprint density at radius 1 is 1.29 bits per heavy atom. The molecular formula is C12H16N2O3. The van der Waals surface area contributed by atoms with Gasteiger partial charge in [0.1, 0.15) is 6.04 Å². The number of carboxylic acids is 1. The third kappa shape index (κ3) is 5.01. The fourth-order valence-corrected chi connectivity index (χ4v) is 1.30. The zero-order valence-corrected chi connectivity index (χ0v) is 9.64. The monoisotopic (exact) mass is 236 g/mol. The molecule has 1 rings (SSSR count). The second-order valence-corrected chi connectivity index (χ2v) is 3.67. The fourth-order valence-electron chi connectivity index (χ4n) is 1.30. The average molecular weight is 236 g/mol. The van der Waals surface area contributed by atoms with Crippen LogP contribution in [0, 0.1) is 0 Å². The first kappa shape index (κ1) is 13.0. The number of aliphatic carboxylic acids is 1. The molecule has 0 aliphatic rings. The SMILES string of the molecule is CC(Nc1ccccc1)C(=O)NCCC(=O)O. The Hall–Kier alpha value is -2.04. The largest absolute Gasteiger partial charge is 0.481 e. The van der Waals surface area contributed by atoms with Crippen LogP contribution in [-0.4, -0.2) is 29.6 Å². The highest BCUT2D eigenvalue weighted by Gasteiger charge is 2.11. The number of carbonyl (C=O) groups is 2. The Bertz CT molecular complexity index is 379. The summed E-state index contributed by atoms with van der Waals surface area (Å²) in [5.74, 6) is -1.14. The Kier molecular flexibility index (Phi) is 5.00. The number of hydrogen-bond donors (Lipinski definition) is 3. The molecule has 1 amide bonds. The Balaban J connectivity index is 2.34. The normalized spacial score (nSPS) is 11.6. The number of hydrogen-bond acceptors (Lipinski definition) is 3. The van der Waals surface area contributed by atoms with E-state index in [1.807, 2.05) is 30.3 Å². The van der Waals surface area contributed by atoms with E-state index in [4.69, 9.17) is 5.11 Å². The minimum atomic E-state index is -0.922. The summed E-state index contributed by atoms with van der Waals surface area (Å²) in [6.07, 6.45) is -0.0657. The van der Waals surface area contributed by atoms with Gasteiger partial charge >= 0.3 is 5.97 Å². The number of para-hydroxylation sites is 1. The molecule has 3 N–H and O–H groups in total. The number of rotatable bonds is 6. The van der Waals surface area contributed by atoms with Crippen molar-refractivity contribution < 1.29 is 14.7 Å². The van der Waals surface area contributed by atoms with E-state index >= 15 is 0 Å². The molecule has 0 heterocycles. The lowest BCUT2D eigenvalue weighted by Gasteiger charge is -2.14. The molecule has 0 aliphatic heterocycles. The second-order valence-electron chi connectivity index (χ2n) is 3.67. The van der Waals surface area contributed by atoms with Gasteiger partial charge in [0.15, 0.2) is 0 Å². The molecule has 0 saturated heterocycles. The highest BCUT2D eigenvalue weighted by molar-refractivity contribution is 5.84. The van der Waals surface area contributed by atoms with Gasteiger partial charge in [0, 0.05) is 12.2 Å². The molecule has 0 bridgehead atoms. The molecule has 92 valence electrons. The van der Waals surface area contributed by atoms with Crippen LogP contribution in [0.2, 0.25) is 0 Å². The van der Waals surface area contributed by atoms with Crippen LogP contribution in [0.1, 0.15) is 13.3 Å². The quantitative estimate of drug-likeness (QED) is 0.690. The summed E-state index contributed by atoms with van der Waals surface area (Å²) in [7, 11) is 0. The maximum Gasteiger partial charge on any atom is 0.305 e. The van der Waals surface area contributed by atoms with Gasteiger partial charge in [0.05, 0.1) is 6.42 Å². The summed E-state index contributed by atoms with van der Waals surface area (Å²) < 4.78 is 0. The van der Waals surface area contributed by atoms with Crippen LogP contribution in [0.3, 0.4) is 0 Å². The van der Waals surface area contributed by atoms with Gasteiger partial charge in [0.2, 0.25) is 5.91 Å². The lowest BCUT2D eigenvalue weighted by molar-refractivity contribution is -0.136. The van der Waals surface area contributed by atoms with Gasteiger partial charge in [-0.25, -0.2) is 0 Å². The first-order chi connectivity index (χ1) is 8.09. The summed E-state index contributed by atoms with van der Waals surface area (Å²) in [6, 6.07) is 8.96. The standard InChI is InChI=1S/C12H16N2O3/c1-9(12(17)13-8-7-11(15)16)14-10-5-3-2-4-6-10/h2-6,9,14H,7-8H2,1H3,(H,13,17)(H,15,16). The molecule has 1 atom stereocenters.